The highest BCUT2D eigenvalue weighted by atomic mass is 16.5. The van der Waals surface area contributed by atoms with Crippen molar-refractivity contribution in [2.45, 2.75) is 26.5 Å². The van der Waals surface area contributed by atoms with E-state index in [-0.39, 0.29) is 17.6 Å². The number of benzene rings is 1. The maximum atomic E-state index is 10.2. The van der Waals surface area contributed by atoms with Crippen molar-refractivity contribution in [3.05, 3.63) is 47.4 Å². The SMILES string of the molecule is COc1cc(Nc2ncc(C)c(-n3cc(C)c(CN4CC(O)C4)c3)n2)cc(O)c1OC. The summed E-state index contributed by atoms with van der Waals surface area (Å²) >= 11 is 0. The van der Waals surface area contributed by atoms with E-state index in [0.717, 1.165) is 17.9 Å². The average molecular weight is 425 g/mol. The zero-order chi connectivity index (χ0) is 22.1. The molecule has 1 aliphatic rings. The molecule has 3 aromatic rings. The van der Waals surface area contributed by atoms with Crippen LogP contribution >= 0.6 is 0 Å². The van der Waals surface area contributed by atoms with E-state index in [9.17, 15) is 10.2 Å². The first-order chi connectivity index (χ1) is 14.9. The van der Waals surface area contributed by atoms with Gasteiger partial charge in [0.05, 0.1) is 20.3 Å². The van der Waals surface area contributed by atoms with Crippen LogP contribution in [-0.4, -0.2) is 63.1 Å². The summed E-state index contributed by atoms with van der Waals surface area (Å²) in [5.74, 6) is 1.78. The van der Waals surface area contributed by atoms with Crippen LogP contribution in [0.1, 0.15) is 16.7 Å². The Bertz CT molecular complexity index is 1090. The molecule has 9 nitrogen and oxygen atoms in total. The smallest absolute Gasteiger partial charge is 0.229 e. The van der Waals surface area contributed by atoms with E-state index in [1.54, 1.807) is 12.3 Å². The lowest BCUT2D eigenvalue weighted by Crippen LogP contribution is -2.49. The summed E-state index contributed by atoms with van der Waals surface area (Å²) < 4.78 is 12.5. The van der Waals surface area contributed by atoms with Gasteiger partial charge in [-0.05, 0) is 25.0 Å². The molecule has 4 rings (SSSR count). The van der Waals surface area contributed by atoms with Crippen LogP contribution in [-0.2, 0) is 6.54 Å². The zero-order valence-corrected chi connectivity index (χ0v) is 18.1. The monoisotopic (exact) mass is 425 g/mol. The molecule has 1 saturated heterocycles. The lowest BCUT2D eigenvalue weighted by Gasteiger charge is -2.35. The van der Waals surface area contributed by atoms with Crippen molar-refractivity contribution < 1.29 is 19.7 Å². The Kier molecular flexibility index (Phi) is 5.71. The fraction of sp³-hybridized carbons (Fsp3) is 0.364. The molecule has 164 valence electrons. The maximum Gasteiger partial charge on any atom is 0.229 e. The number of phenols is 1. The van der Waals surface area contributed by atoms with Crippen molar-refractivity contribution in [2.75, 3.05) is 32.6 Å². The van der Waals surface area contributed by atoms with E-state index < -0.39 is 0 Å². The minimum atomic E-state index is -0.212. The fourth-order valence-electron chi connectivity index (χ4n) is 3.70. The quantitative estimate of drug-likeness (QED) is 0.530. The van der Waals surface area contributed by atoms with Gasteiger partial charge < -0.3 is 29.6 Å². The summed E-state index contributed by atoms with van der Waals surface area (Å²) in [6.07, 6.45) is 5.66. The van der Waals surface area contributed by atoms with Crippen molar-refractivity contribution in [1.82, 2.24) is 19.4 Å². The molecule has 0 spiro atoms. The molecule has 9 heteroatoms. The van der Waals surface area contributed by atoms with Crippen LogP contribution in [0.2, 0.25) is 0 Å². The lowest BCUT2D eigenvalue weighted by atomic mass is 10.1. The first kappa shape index (κ1) is 21.0. The summed E-state index contributed by atoms with van der Waals surface area (Å²) in [6.45, 7) is 6.26. The highest BCUT2D eigenvalue weighted by Gasteiger charge is 2.25. The highest BCUT2D eigenvalue weighted by Crippen LogP contribution is 2.39. The van der Waals surface area contributed by atoms with Crippen LogP contribution in [0.25, 0.3) is 5.82 Å². The third-order valence-corrected chi connectivity index (χ3v) is 5.37. The van der Waals surface area contributed by atoms with Crippen molar-refractivity contribution in [3.63, 3.8) is 0 Å². The molecular formula is C22H27N5O4. The minimum absolute atomic E-state index is 0.0431. The number of ether oxygens (including phenoxy) is 2. The van der Waals surface area contributed by atoms with Gasteiger partial charge in [-0.2, -0.15) is 4.98 Å². The van der Waals surface area contributed by atoms with Crippen molar-refractivity contribution in [2.24, 2.45) is 0 Å². The second-order valence-corrected chi connectivity index (χ2v) is 7.78. The number of aliphatic hydroxyl groups is 1. The van der Waals surface area contributed by atoms with Crippen LogP contribution in [0.5, 0.6) is 17.2 Å². The van der Waals surface area contributed by atoms with Crippen LogP contribution in [0, 0.1) is 13.8 Å². The molecule has 0 bridgehead atoms. The molecular weight excluding hydrogens is 398 g/mol. The Morgan fingerprint density at radius 2 is 1.90 bits per heavy atom. The number of anilines is 2. The standard InChI is InChI=1S/C22H27N5O4/c1-13-7-23-22(24-16-5-18(29)20(31-4)19(6-16)30-3)25-21(13)27-8-14(2)15(10-27)9-26-11-17(28)12-26/h5-8,10,17,28-29H,9,11-12H2,1-4H3,(H,23,24,25). The van der Waals surface area contributed by atoms with E-state index in [1.165, 1.54) is 31.4 Å². The summed E-state index contributed by atoms with van der Waals surface area (Å²) in [6, 6.07) is 3.24. The average Bonchev–Trinajstić information content (AvgIpc) is 3.08. The number of aromatic hydroxyl groups is 1. The fourth-order valence-corrected chi connectivity index (χ4v) is 3.70. The number of phenolic OH excluding ortho intramolecular Hbond substituents is 1. The molecule has 0 aliphatic carbocycles. The molecule has 31 heavy (non-hydrogen) atoms. The number of β-amino-alcohol motifs (C(OH)–C–C–N with tert-alkyl or cyclic N) is 1. The van der Waals surface area contributed by atoms with Gasteiger partial charge in [0.25, 0.3) is 0 Å². The second-order valence-electron chi connectivity index (χ2n) is 7.78. The molecule has 0 amide bonds. The van der Waals surface area contributed by atoms with E-state index >= 15 is 0 Å². The molecule has 0 saturated carbocycles. The number of aryl methyl sites for hydroxylation is 2. The number of rotatable bonds is 7. The molecule has 3 heterocycles. The number of hydrogen-bond donors (Lipinski definition) is 3. The van der Waals surface area contributed by atoms with Crippen molar-refractivity contribution in [1.29, 1.82) is 0 Å². The molecule has 0 radical (unpaired) electrons. The summed E-state index contributed by atoms with van der Waals surface area (Å²) in [5, 5.41) is 22.8. The largest absolute Gasteiger partial charge is 0.504 e. The van der Waals surface area contributed by atoms with E-state index in [1.807, 2.05) is 17.7 Å². The van der Waals surface area contributed by atoms with Gasteiger partial charge in [-0.1, -0.05) is 0 Å². The molecule has 0 unspecified atom stereocenters. The van der Waals surface area contributed by atoms with E-state index in [2.05, 4.69) is 33.3 Å². The van der Waals surface area contributed by atoms with Crippen LogP contribution < -0.4 is 14.8 Å². The number of aliphatic hydroxyl groups excluding tert-OH is 1. The van der Waals surface area contributed by atoms with Crippen molar-refractivity contribution in [3.8, 4) is 23.1 Å². The van der Waals surface area contributed by atoms with Gasteiger partial charge >= 0.3 is 0 Å². The van der Waals surface area contributed by atoms with Crippen LogP contribution in [0.3, 0.4) is 0 Å². The Labute approximate surface area is 180 Å². The third-order valence-electron chi connectivity index (χ3n) is 5.37. The topological polar surface area (TPSA) is 105 Å². The number of nitrogens with one attached hydrogen (secondary N) is 1. The van der Waals surface area contributed by atoms with E-state index in [4.69, 9.17) is 9.47 Å². The Hall–Kier alpha value is -3.30. The first-order valence-electron chi connectivity index (χ1n) is 10.0. The van der Waals surface area contributed by atoms with Crippen molar-refractivity contribution >= 4 is 11.6 Å². The van der Waals surface area contributed by atoms with Gasteiger partial charge in [0.1, 0.15) is 5.82 Å². The van der Waals surface area contributed by atoms with Crippen LogP contribution in [0.4, 0.5) is 11.6 Å². The van der Waals surface area contributed by atoms with Gasteiger partial charge in [0.2, 0.25) is 11.7 Å². The molecule has 1 aliphatic heterocycles. The van der Waals surface area contributed by atoms with Gasteiger partial charge in [0.15, 0.2) is 11.5 Å². The van der Waals surface area contributed by atoms with Gasteiger partial charge in [-0.3, -0.25) is 4.90 Å². The zero-order valence-electron chi connectivity index (χ0n) is 18.1. The minimum Gasteiger partial charge on any atom is -0.504 e. The number of likely N-dealkylation sites (tertiary alicyclic amines) is 1. The molecule has 2 aromatic heterocycles. The Balaban J connectivity index is 1.59. The predicted octanol–water partition coefficient (Wildman–Crippen LogP) is 2.53. The molecule has 0 atom stereocenters. The number of hydrogen-bond acceptors (Lipinski definition) is 8. The number of methoxy groups -OCH3 is 2. The second kappa shape index (κ2) is 8.44. The Morgan fingerprint density at radius 1 is 1.13 bits per heavy atom. The van der Waals surface area contributed by atoms with Gasteiger partial charge in [-0.25, -0.2) is 4.98 Å². The number of aromatic nitrogens is 3. The highest BCUT2D eigenvalue weighted by molar-refractivity contribution is 5.65. The maximum absolute atomic E-state index is 10.2. The molecule has 1 fully saturated rings. The Morgan fingerprint density at radius 3 is 2.58 bits per heavy atom. The van der Waals surface area contributed by atoms with Gasteiger partial charge in [0, 0.05) is 61.6 Å². The normalized spacial score (nSPS) is 14.4. The summed E-state index contributed by atoms with van der Waals surface area (Å²) in [7, 11) is 2.98. The molecule has 1 aromatic carbocycles. The summed E-state index contributed by atoms with van der Waals surface area (Å²) in [5.41, 5.74) is 3.87. The van der Waals surface area contributed by atoms with Crippen LogP contribution in [0.15, 0.2) is 30.7 Å². The molecule has 3 N–H and O–H groups in total. The third kappa shape index (κ3) is 4.28. The first-order valence-corrected chi connectivity index (χ1v) is 10.0. The summed E-state index contributed by atoms with van der Waals surface area (Å²) in [4.78, 5) is 11.3. The van der Waals surface area contributed by atoms with E-state index in [0.29, 0.717) is 30.5 Å². The number of nitrogens with zero attached hydrogens (tertiary/aromatic N) is 4. The lowest BCUT2D eigenvalue weighted by molar-refractivity contribution is -0.00295. The van der Waals surface area contributed by atoms with Gasteiger partial charge in [-0.15, -0.1) is 0 Å². The predicted molar refractivity (Wildman–Crippen MR) is 117 cm³/mol.